The van der Waals surface area contributed by atoms with E-state index in [4.69, 9.17) is 25.8 Å². The van der Waals surface area contributed by atoms with Crippen LogP contribution in [0.15, 0.2) is 35.6 Å². The first-order valence-electron chi connectivity index (χ1n) is 10.7. The molecule has 1 amide bonds. The Hall–Kier alpha value is -2.05. The van der Waals surface area contributed by atoms with Crippen molar-refractivity contribution in [2.75, 3.05) is 20.3 Å². The van der Waals surface area contributed by atoms with E-state index in [-0.39, 0.29) is 41.0 Å². The molecule has 6 nitrogen and oxygen atoms in total. The number of ketones is 1. The lowest BCUT2D eigenvalue weighted by atomic mass is 9.77. The lowest BCUT2D eigenvalue weighted by Crippen LogP contribution is -2.41. The summed E-state index contributed by atoms with van der Waals surface area (Å²) in [5, 5.41) is -0.0273. The maximum Gasteiger partial charge on any atom is 0.290 e. The molecule has 3 heterocycles. The predicted molar refractivity (Wildman–Crippen MR) is 110 cm³/mol. The molecule has 1 aromatic carbocycles. The molecule has 0 spiro atoms. The van der Waals surface area contributed by atoms with Crippen molar-refractivity contribution in [3.05, 3.63) is 41.2 Å². The molecule has 1 aliphatic carbocycles. The summed E-state index contributed by atoms with van der Waals surface area (Å²) in [6.07, 6.45) is 3.73. The molecular formula is C23H26ClNO5. The van der Waals surface area contributed by atoms with E-state index in [1.54, 1.807) is 12.0 Å². The van der Waals surface area contributed by atoms with Gasteiger partial charge in [-0.2, -0.15) is 0 Å². The van der Waals surface area contributed by atoms with E-state index < -0.39 is 6.04 Å². The number of benzene rings is 1. The van der Waals surface area contributed by atoms with E-state index in [2.05, 4.69) is 0 Å². The molecule has 5 rings (SSSR count). The zero-order valence-corrected chi connectivity index (χ0v) is 17.8. The molecule has 2 fully saturated rings. The van der Waals surface area contributed by atoms with Crippen LogP contribution in [0.4, 0.5) is 0 Å². The normalized spacial score (nSPS) is 33.4. The van der Waals surface area contributed by atoms with Gasteiger partial charge in [-0.3, -0.25) is 9.59 Å². The molecule has 0 aromatic heterocycles. The highest BCUT2D eigenvalue weighted by atomic mass is 35.5. The minimum Gasteiger partial charge on any atom is -0.497 e. The van der Waals surface area contributed by atoms with Crippen molar-refractivity contribution in [2.24, 2.45) is 5.92 Å². The van der Waals surface area contributed by atoms with Gasteiger partial charge in [0, 0.05) is 18.5 Å². The summed E-state index contributed by atoms with van der Waals surface area (Å²) in [4.78, 5) is 28.8. The average molecular weight is 432 g/mol. The molecule has 30 heavy (non-hydrogen) atoms. The molecule has 7 heteroatoms. The molecule has 1 saturated heterocycles. The number of methoxy groups -OCH3 is 1. The Labute approximate surface area is 181 Å². The fourth-order valence-corrected chi connectivity index (χ4v) is 5.51. The zero-order chi connectivity index (χ0) is 20.8. The molecule has 0 bridgehead atoms. The minimum absolute atomic E-state index is 0.00982. The van der Waals surface area contributed by atoms with Crippen LogP contribution in [0.5, 0.6) is 5.75 Å². The standard InChI is InChI=1S/C23H26ClNO5/c1-28-15-7-4-13(5-8-15)20-19-21(26)17-11-14(24)6-9-18(17)30-22(19)23(27)25(20)12-16-3-2-10-29-16/h4-5,7-8,14,16-18,20H,2-3,6,9-12H2,1H3. The van der Waals surface area contributed by atoms with Gasteiger partial charge in [-0.25, -0.2) is 0 Å². The first kappa shape index (κ1) is 19.9. The zero-order valence-electron chi connectivity index (χ0n) is 17.0. The van der Waals surface area contributed by atoms with Crippen LogP contribution < -0.4 is 4.74 Å². The summed E-state index contributed by atoms with van der Waals surface area (Å²) in [5.74, 6) is 0.479. The lowest BCUT2D eigenvalue weighted by Gasteiger charge is -2.37. The van der Waals surface area contributed by atoms with E-state index in [0.29, 0.717) is 31.6 Å². The molecule has 3 aliphatic heterocycles. The third-order valence-electron chi connectivity index (χ3n) is 6.74. The molecule has 1 aromatic rings. The highest BCUT2D eigenvalue weighted by Gasteiger charge is 2.53. The van der Waals surface area contributed by atoms with Crippen molar-refractivity contribution in [3.8, 4) is 5.75 Å². The highest BCUT2D eigenvalue weighted by Crippen LogP contribution is 2.47. The van der Waals surface area contributed by atoms with Gasteiger partial charge >= 0.3 is 0 Å². The van der Waals surface area contributed by atoms with Crippen molar-refractivity contribution in [2.45, 2.75) is 55.7 Å². The molecule has 0 N–H and O–H groups in total. The van der Waals surface area contributed by atoms with Gasteiger partial charge in [0.15, 0.2) is 11.5 Å². The summed E-state index contributed by atoms with van der Waals surface area (Å²) in [6.45, 7) is 1.16. The molecule has 160 valence electrons. The Morgan fingerprint density at radius 2 is 1.97 bits per heavy atom. The summed E-state index contributed by atoms with van der Waals surface area (Å²) >= 11 is 6.37. The van der Waals surface area contributed by atoms with Gasteiger partial charge in [-0.15, -0.1) is 11.6 Å². The van der Waals surface area contributed by atoms with E-state index >= 15 is 0 Å². The Morgan fingerprint density at radius 3 is 2.67 bits per heavy atom. The monoisotopic (exact) mass is 431 g/mol. The van der Waals surface area contributed by atoms with Crippen LogP contribution in [0, 0.1) is 5.92 Å². The number of Topliss-reactive ketones (excluding diaryl/α,β-unsaturated/α-hetero) is 1. The van der Waals surface area contributed by atoms with Crippen molar-refractivity contribution < 1.29 is 23.8 Å². The van der Waals surface area contributed by atoms with Gasteiger partial charge in [0.25, 0.3) is 5.91 Å². The first-order valence-corrected chi connectivity index (χ1v) is 11.2. The third kappa shape index (κ3) is 3.30. The largest absolute Gasteiger partial charge is 0.497 e. The number of ether oxygens (including phenoxy) is 3. The van der Waals surface area contributed by atoms with Crippen LogP contribution in [-0.4, -0.2) is 54.4 Å². The minimum atomic E-state index is -0.466. The van der Waals surface area contributed by atoms with Crippen LogP contribution in [0.3, 0.4) is 0 Å². The SMILES string of the molecule is COc1ccc(C2C3=C(OC4CCC(Cl)CC4C3=O)C(=O)N2CC2CCCO2)cc1. The van der Waals surface area contributed by atoms with Crippen LogP contribution in [-0.2, 0) is 19.1 Å². The van der Waals surface area contributed by atoms with E-state index in [9.17, 15) is 9.59 Å². The van der Waals surface area contributed by atoms with Crippen LogP contribution in [0.25, 0.3) is 0 Å². The second-order valence-corrected chi connectivity index (χ2v) is 9.17. The van der Waals surface area contributed by atoms with Crippen molar-refractivity contribution in [3.63, 3.8) is 0 Å². The number of nitrogens with zero attached hydrogens (tertiary/aromatic N) is 1. The smallest absolute Gasteiger partial charge is 0.290 e. The number of hydrogen-bond donors (Lipinski definition) is 0. The fraction of sp³-hybridized carbons (Fsp3) is 0.565. The summed E-state index contributed by atoms with van der Waals surface area (Å²) in [7, 11) is 1.61. The first-order chi connectivity index (χ1) is 14.6. The number of hydrogen-bond acceptors (Lipinski definition) is 5. The number of carbonyl (C=O) groups excluding carboxylic acids is 2. The summed E-state index contributed by atoms with van der Waals surface area (Å²) < 4.78 is 17.3. The van der Waals surface area contributed by atoms with Gasteiger partial charge < -0.3 is 19.1 Å². The number of rotatable bonds is 4. The van der Waals surface area contributed by atoms with Crippen molar-refractivity contribution >= 4 is 23.3 Å². The van der Waals surface area contributed by atoms with E-state index in [1.807, 2.05) is 24.3 Å². The number of fused-ring (bicyclic) bond motifs is 1. The van der Waals surface area contributed by atoms with Gasteiger partial charge in [0.2, 0.25) is 0 Å². The molecule has 1 saturated carbocycles. The predicted octanol–water partition coefficient (Wildman–Crippen LogP) is 3.39. The second-order valence-electron chi connectivity index (χ2n) is 8.55. The van der Waals surface area contributed by atoms with Crippen LogP contribution >= 0.6 is 11.6 Å². The number of amides is 1. The van der Waals surface area contributed by atoms with Gasteiger partial charge in [-0.1, -0.05) is 12.1 Å². The third-order valence-corrected chi connectivity index (χ3v) is 7.13. The number of alkyl halides is 1. The number of halogens is 1. The van der Waals surface area contributed by atoms with Gasteiger partial charge in [0.1, 0.15) is 11.9 Å². The fourth-order valence-electron chi connectivity index (χ4n) is 5.19. The number of carbonyl (C=O) groups is 2. The molecule has 0 radical (unpaired) electrons. The Kier molecular flexibility index (Phi) is 5.23. The Bertz CT molecular complexity index is 876. The summed E-state index contributed by atoms with van der Waals surface area (Å²) in [5.41, 5.74) is 1.36. The molecular weight excluding hydrogens is 406 g/mol. The second kappa shape index (κ2) is 7.89. The Morgan fingerprint density at radius 1 is 1.17 bits per heavy atom. The van der Waals surface area contributed by atoms with Gasteiger partial charge in [0.05, 0.1) is 30.7 Å². The van der Waals surface area contributed by atoms with Crippen molar-refractivity contribution in [1.82, 2.24) is 4.90 Å². The van der Waals surface area contributed by atoms with Crippen LogP contribution in [0.2, 0.25) is 0 Å². The lowest BCUT2D eigenvalue weighted by molar-refractivity contribution is -0.136. The maximum absolute atomic E-state index is 13.6. The van der Waals surface area contributed by atoms with E-state index in [1.165, 1.54) is 0 Å². The average Bonchev–Trinajstić information content (AvgIpc) is 3.37. The summed E-state index contributed by atoms with van der Waals surface area (Å²) in [6, 6.07) is 7.08. The highest BCUT2D eigenvalue weighted by molar-refractivity contribution is 6.21. The van der Waals surface area contributed by atoms with Crippen LogP contribution in [0.1, 0.15) is 43.7 Å². The maximum atomic E-state index is 13.6. The molecule has 5 atom stereocenters. The van der Waals surface area contributed by atoms with Crippen molar-refractivity contribution in [1.29, 1.82) is 0 Å². The quantitative estimate of drug-likeness (QED) is 0.684. The molecule has 4 aliphatic rings. The topological polar surface area (TPSA) is 65.1 Å². The van der Waals surface area contributed by atoms with E-state index in [0.717, 1.165) is 30.6 Å². The van der Waals surface area contributed by atoms with Gasteiger partial charge in [-0.05, 0) is 49.8 Å². The Balaban J connectivity index is 1.53. The molecule has 5 unspecified atom stereocenters.